The van der Waals surface area contributed by atoms with Crippen LogP contribution in [0.5, 0.6) is 5.75 Å². The van der Waals surface area contributed by atoms with Gasteiger partial charge in [0.25, 0.3) is 0 Å². The number of aliphatic hydroxyl groups excluding tert-OH is 1. The van der Waals surface area contributed by atoms with Crippen LogP contribution in [-0.2, 0) is 6.42 Å². The molecule has 3 nitrogen and oxygen atoms in total. The van der Waals surface area contributed by atoms with E-state index in [4.69, 9.17) is 15.6 Å². The van der Waals surface area contributed by atoms with Crippen molar-refractivity contribution in [3.63, 3.8) is 0 Å². The third-order valence-electron chi connectivity index (χ3n) is 3.06. The largest absolute Gasteiger partial charge is 0.494 e. The topological polar surface area (TPSA) is 55.5 Å². The molecule has 3 heteroatoms. The molecule has 1 unspecified atom stereocenters. The van der Waals surface area contributed by atoms with Crippen molar-refractivity contribution in [3.8, 4) is 5.75 Å². The van der Waals surface area contributed by atoms with Crippen molar-refractivity contribution in [1.29, 1.82) is 0 Å². The SMILES string of the molecule is CCCCCOc1ccc(CC(CN)CO)cc1. The molecule has 0 spiro atoms. The summed E-state index contributed by atoms with van der Waals surface area (Å²) in [6.45, 7) is 3.64. The van der Waals surface area contributed by atoms with Gasteiger partial charge in [-0.2, -0.15) is 0 Å². The Balaban J connectivity index is 2.37. The lowest BCUT2D eigenvalue weighted by atomic mass is 10.0. The lowest BCUT2D eigenvalue weighted by molar-refractivity contribution is 0.230. The number of ether oxygens (including phenoxy) is 1. The summed E-state index contributed by atoms with van der Waals surface area (Å²) in [4.78, 5) is 0. The fourth-order valence-corrected chi connectivity index (χ4v) is 1.82. The second kappa shape index (κ2) is 8.95. The quantitative estimate of drug-likeness (QED) is 0.662. The highest BCUT2D eigenvalue weighted by Gasteiger charge is 2.06. The zero-order valence-corrected chi connectivity index (χ0v) is 11.3. The van der Waals surface area contributed by atoms with Crippen LogP contribution in [0.15, 0.2) is 24.3 Å². The molecule has 0 fully saturated rings. The normalized spacial score (nSPS) is 12.4. The zero-order valence-electron chi connectivity index (χ0n) is 11.3. The molecule has 102 valence electrons. The maximum Gasteiger partial charge on any atom is 0.119 e. The highest BCUT2D eigenvalue weighted by atomic mass is 16.5. The van der Waals surface area contributed by atoms with Gasteiger partial charge in [0, 0.05) is 6.61 Å². The van der Waals surface area contributed by atoms with Crippen molar-refractivity contribution >= 4 is 0 Å². The molecule has 0 bridgehead atoms. The van der Waals surface area contributed by atoms with E-state index < -0.39 is 0 Å². The second-order valence-corrected chi connectivity index (χ2v) is 4.69. The number of aliphatic hydroxyl groups is 1. The molecule has 1 aromatic carbocycles. The van der Waals surface area contributed by atoms with E-state index in [2.05, 4.69) is 6.92 Å². The molecule has 0 aliphatic carbocycles. The molecule has 1 aromatic rings. The molecule has 3 N–H and O–H groups in total. The number of nitrogens with two attached hydrogens (primary N) is 1. The first-order valence-corrected chi connectivity index (χ1v) is 6.82. The molecule has 1 atom stereocenters. The van der Waals surface area contributed by atoms with Crippen LogP contribution in [-0.4, -0.2) is 24.9 Å². The predicted molar refractivity (Wildman–Crippen MR) is 74.8 cm³/mol. The van der Waals surface area contributed by atoms with Crippen molar-refractivity contribution in [3.05, 3.63) is 29.8 Å². The highest BCUT2D eigenvalue weighted by Crippen LogP contribution is 2.15. The minimum absolute atomic E-state index is 0.145. The fourth-order valence-electron chi connectivity index (χ4n) is 1.82. The van der Waals surface area contributed by atoms with Crippen LogP contribution in [0.4, 0.5) is 0 Å². The van der Waals surface area contributed by atoms with Crippen molar-refractivity contribution in [1.82, 2.24) is 0 Å². The van der Waals surface area contributed by atoms with Gasteiger partial charge in [0.15, 0.2) is 0 Å². The van der Waals surface area contributed by atoms with Gasteiger partial charge in [-0.3, -0.25) is 0 Å². The average molecular weight is 251 g/mol. The van der Waals surface area contributed by atoms with Gasteiger partial charge in [-0.1, -0.05) is 31.9 Å². The van der Waals surface area contributed by atoms with Crippen LogP contribution in [0.3, 0.4) is 0 Å². The first kappa shape index (κ1) is 15.0. The van der Waals surface area contributed by atoms with Crippen LogP contribution < -0.4 is 10.5 Å². The van der Waals surface area contributed by atoms with Gasteiger partial charge in [0.1, 0.15) is 5.75 Å². The van der Waals surface area contributed by atoms with E-state index in [9.17, 15) is 0 Å². The summed E-state index contributed by atoms with van der Waals surface area (Å²) in [5.41, 5.74) is 6.77. The van der Waals surface area contributed by atoms with E-state index in [1.54, 1.807) is 0 Å². The molecule has 18 heavy (non-hydrogen) atoms. The van der Waals surface area contributed by atoms with Crippen molar-refractivity contribution < 1.29 is 9.84 Å². The number of benzene rings is 1. The molecule has 0 amide bonds. The molecule has 1 rings (SSSR count). The van der Waals surface area contributed by atoms with E-state index in [0.29, 0.717) is 6.54 Å². The van der Waals surface area contributed by atoms with E-state index in [-0.39, 0.29) is 12.5 Å². The Hall–Kier alpha value is -1.06. The van der Waals surface area contributed by atoms with Gasteiger partial charge in [-0.25, -0.2) is 0 Å². The monoisotopic (exact) mass is 251 g/mol. The third-order valence-corrected chi connectivity index (χ3v) is 3.06. The van der Waals surface area contributed by atoms with Gasteiger partial charge >= 0.3 is 0 Å². The van der Waals surface area contributed by atoms with Crippen LogP contribution >= 0.6 is 0 Å². The van der Waals surface area contributed by atoms with Crippen LogP contribution in [0.25, 0.3) is 0 Å². The van der Waals surface area contributed by atoms with Gasteiger partial charge in [-0.05, 0) is 43.0 Å². The molecule has 0 aromatic heterocycles. The van der Waals surface area contributed by atoms with Crippen LogP contribution in [0, 0.1) is 5.92 Å². The van der Waals surface area contributed by atoms with Gasteiger partial charge in [0.2, 0.25) is 0 Å². The fraction of sp³-hybridized carbons (Fsp3) is 0.600. The molecule has 0 saturated heterocycles. The summed E-state index contributed by atoms with van der Waals surface area (Å²) in [6.07, 6.45) is 4.36. The Labute approximate surface area is 110 Å². The molecule has 0 radical (unpaired) electrons. The molecule has 0 saturated carbocycles. The van der Waals surface area contributed by atoms with E-state index in [0.717, 1.165) is 25.2 Å². The summed E-state index contributed by atoms with van der Waals surface area (Å²) >= 11 is 0. The smallest absolute Gasteiger partial charge is 0.119 e. The standard InChI is InChI=1S/C15H25NO2/c1-2-3-4-9-18-15-7-5-13(6-8-15)10-14(11-16)12-17/h5-8,14,17H,2-4,9-12,16H2,1H3. The minimum atomic E-state index is 0.145. The number of unbranched alkanes of at least 4 members (excludes halogenated alkanes) is 2. The van der Waals surface area contributed by atoms with Crippen LogP contribution in [0.1, 0.15) is 31.7 Å². The summed E-state index contributed by atoms with van der Waals surface area (Å²) in [5.74, 6) is 1.07. The first-order valence-electron chi connectivity index (χ1n) is 6.82. The Kier molecular flexibility index (Phi) is 7.46. The van der Waals surface area contributed by atoms with E-state index in [1.165, 1.54) is 18.4 Å². The second-order valence-electron chi connectivity index (χ2n) is 4.69. The molecule has 0 aliphatic rings. The van der Waals surface area contributed by atoms with Crippen molar-refractivity contribution in [2.75, 3.05) is 19.8 Å². The Morgan fingerprint density at radius 2 is 1.94 bits per heavy atom. The Morgan fingerprint density at radius 3 is 2.50 bits per heavy atom. The molecule has 0 heterocycles. The molecular formula is C15H25NO2. The summed E-state index contributed by atoms with van der Waals surface area (Å²) < 4.78 is 5.65. The molecule has 0 aliphatic heterocycles. The van der Waals surface area contributed by atoms with E-state index >= 15 is 0 Å². The summed E-state index contributed by atoms with van der Waals surface area (Å²) in [6, 6.07) is 8.08. The Bertz CT molecular complexity index is 307. The number of hydrogen-bond acceptors (Lipinski definition) is 3. The predicted octanol–water partition coefficient (Wildman–Crippen LogP) is 2.37. The van der Waals surface area contributed by atoms with Crippen molar-refractivity contribution in [2.45, 2.75) is 32.6 Å². The van der Waals surface area contributed by atoms with Crippen LogP contribution in [0.2, 0.25) is 0 Å². The van der Waals surface area contributed by atoms with Gasteiger partial charge in [0.05, 0.1) is 6.61 Å². The summed E-state index contributed by atoms with van der Waals surface area (Å²) in [5, 5.41) is 9.10. The lowest BCUT2D eigenvalue weighted by Gasteiger charge is -2.12. The summed E-state index contributed by atoms with van der Waals surface area (Å²) in [7, 11) is 0. The number of rotatable bonds is 9. The number of hydrogen-bond donors (Lipinski definition) is 2. The first-order chi connectivity index (χ1) is 8.80. The maximum atomic E-state index is 9.10. The van der Waals surface area contributed by atoms with Crippen molar-refractivity contribution in [2.24, 2.45) is 11.7 Å². The highest BCUT2D eigenvalue weighted by molar-refractivity contribution is 5.27. The maximum absolute atomic E-state index is 9.10. The average Bonchev–Trinajstić information content (AvgIpc) is 2.42. The zero-order chi connectivity index (χ0) is 13.2. The minimum Gasteiger partial charge on any atom is -0.494 e. The lowest BCUT2D eigenvalue weighted by Crippen LogP contribution is -2.20. The van der Waals surface area contributed by atoms with Gasteiger partial charge in [-0.15, -0.1) is 0 Å². The van der Waals surface area contributed by atoms with Gasteiger partial charge < -0.3 is 15.6 Å². The Morgan fingerprint density at radius 1 is 1.22 bits per heavy atom. The third kappa shape index (κ3) is 5.52. The van der Waals surface area contributed by atoms with E-state index in [1.807, 2.05) is 24.3 Å². The molecular weight excluding hydrogens is 226 g/mol.